The van der Waals surface area contributed by atoms with Crippen molar-refractivity contribution in [2.75, 3.05) is 32.9 Å². The Balaban J connectivity index is 3.20. The number of amides is 1. The Labute approximate surface area is 79.9 Å². The summed E-state index contributed by atoms with van der Waals surface area (Å²) in [6.45, 7) is 1.63. The van der Waals surface area contributed by atoms with Gasteiger partial charge in [-0.3, -0.25) is 4.79 Å². The highest BCUT2D eigenvalue weighted by Gasteiger charge is 1.98. The molecule has 0 aliphatic rings. The van der Waals surface area contributed by atoms with Crippen molar-refractivity contribution in [3.8, 4) is 0 Å². The summed E-state index contributed by atoms with van der Waals surface area (Å²) in [6.07, 6.45) is 1.45. The van der Waals surface area contributed by atoms with E-state index in [9.17, 15) is 4.79 Å². The maximum Gasteiger partial charge on any atom is 0.220 e. The molecule has 12 heavy (non-hydrogen) atoms. The van der Waals surface area contributed by atoms with Gasteiger partial charge in [-0.05, 0) is 26.3 Å². The molecule has 0 rings (SSSR count). The minimum Gasteiger partial charge on any atom is -0.355 e. The molecule has 0 saturated carbocycles. The molecular weight excluding hydrogens is 172 g/mol. The monoisotopic (exact) mass is 190 g/mol. The van der Waals surface area contributed by atoms with Gasteiger partial charge in [0.2, 0.25) is 5.91 Å². The lowest BCUT2D eigenvalue weighted by Crippen LogP contribution is -2.31. The van der Waals surface area contributed by atoms with Crippen LogP contribution in [-0.4, -0.2) is 43.7 Å². The van der Waals surface area contributed by atoms with E-state index in [1.165, 1.54) is 0 Å². The van der Waals surface area contributed by atoms with Gasteiger partial charge in [-0.25, -0.2) is 0 Å². The molecule has 72 valence electrons. The summed E-state index contributed by atoms with van der Waals surface area (Å²) in [7, 11) is 3.97. The Morgan fingerprint density at radius 1 is 1.50 bits per heavy atom. The lowest BCUT2D eigenvalue weighted by molar-refractivity contribution is -0.121. The van der Waals surface area contributed by atoms with Gasteiger partial charge in [0.25, 0.3) is 0 Å². The number of rotatable bonds is 6. The molecule has 0 unspecified atom stereocenters. The van der Waals surface area contributed by atoms with Crippen molar-refractivity contribution in [1.29, 1.82) is 0 Å². The van der Waals surface area contributed by atoms with E-state index in [4.69, 9.17) is 0 Å². The maximum atomic E-state index is 11.0. The lowest BCUT2D eigenvalue weighted by atomic mass is 10.3. The van der Waals surface area contributed by atoms with Gasteiger partial charge in [-0.15, -0.1) is 0 Å². The molecule has 0 aliphatic carbocycles. The van der Waals surface area contributed by atoms with Crippen LogP contribution in [0.5, 0.6) is 0 Å². The molecule has 3 nitrogen and oxygen atoms in total. The number of hydrogen-bond acceptors (Lipinski definition) is 3. The summed E-state index contributed by atoms with van der Waals surface area (Å²) in [5.74, 6) is 0.909. The van der Waals surface area contributed by atoms with Crippen LogP contribution in [0.3, 0.4) is 0 Å². The van der Waals surface area contributed by atoms with Gasteiger partial charge in [0.1, 0.15) is 0 Å². The van der Waals surface area contributed by atoms with Crippen molar-refractivity contribution in [2.45, 2.75) is 12.8 Å². The predicted molar refractivity (Wildman–Crippen MR) is 54.7 cm³/mol. The van der Waals surface area contributed by atoms with Crippen molar-refractivity contribution in [3.05, 3.63) is 0 Å². The number of carbonyl (C=O) groups is 1. The van der Waals surface area contributed by atoms with Gasteiger partial charge < -0.3 is 10.2 Å². The van der Waals surface area contributed by atoms with Crippen LogP contribution in [0.25, 0.3) is 0 Å². The zero-order valence-corrected chi connectivity index (χ0v) is 8.73. The normalized spacial score (nSPS) is 10.3. The Kier molecular flexibility index (Phi) is 7.29. The molecule has 0 aliphatic heterocycles. The fourth-order valence-electron chi connectivity index (χ4n) is 0.747. The predicted octanol–water partition coefficient (Wildman–Crippen LogP) is 0.374. The molecule has 0 aromatic carbocycles. The third kappa shape index (κ3) is 7.88. The molecule has 0 spiro atoms. The fourth-order valence-corrected chi connectivity index (χ4v) is 0.905. The first kappa shape index (κ1) is 11.8. The first-order valence-electron chi connectivity index (χ1n) is 4.19. The molecule has 0 heterocycles. The van der Waals surface area contributed by atoms with E-state index in [1.807, 2.05) is 19.0 Å². The van der Waals surface area contributed by atoms with E-state index < -0.39 is 0 Å². The highest BCUT2D eigenvalue weighted by atomic mass is 32.1. The van der Waals surface area contributed by atoms with E-state index in [2.05, 4.69) is 17.9 Å². The summed E-state index contributed by atoms with van der Waals surface area (Å²) < 4.78 is 0. The van der Waals surface area contributed by atoms with Crippen molar-refractivity contribution in [2.24, 2.45) is 0 Å². The highest BCUT2D eigenvalue weighted by Crippen LogP contribution is 1.90. The molecule has 0 bridgehead atoms. The number of nitrogens with zero attached hydrogens (tertiary/aromatic N) is 1. The molecule has 0 radical (unpaired) electrons. The fraction of sp³-hybridized carbons (Fsp3) is 0.875. The van der Waals surface area contributed by atoms with Gasteiger partial charge in [0, 0.05) is 19.5 Å². The van der Waals surface area contributed by atoms with E-state index in [1.54, 1.807) is 0 Å². The SMILES string of the molecule is CN(C)CCNC(=O)CCCS. The standard InChI is InChI=1S/C8H18N2OS/c1-10(2)6-5-9-8(11)4-3-7-12/h12H,3-7H2,1-2H3,(H,9,11). The Morgan fingerprint density at radius 3 is 2.67 bits per heavy atom. The number of hydrogen-bond donors (Lipinski definition) is 2. The molecule has 0 fully saturated rings. The van der Waals surface area contributed by atoms with Gasteiger partial charge in [-0.2, -0.15) is 12.6 Å². The van der Waals surface area contributed by atoms with Crippen LogP contribution in [0.1, 0.15) is 12.8 Å². The molecule has 0 aromatic rings. The summed E-state index contributed by atoms with van der Waals surface area (Å²) in [5.41, 5.74) is 0. The first-order chi connectivity index (χ1) is 5.66. The Bertz CT molecular complexity index is 128. The number of nitrogens with one attached hydrogen (secondary N) is 1. The van der Waals surface area contributed by atoms with Crippen LogP contribution in [0.15, 0.2) is 0 Å². The van der Waals surface area contributed by atoms with Crippen molar-refractivity contribution < 1.29 is 4.79 Å². The average molecular weight is 190 g/mol. The molecule has 0 aromatic heterocycles. The second kappa shape index (κ2) is 7.43. The third-order valence-corrected chi connectivity index (χ3v) is 1.76. The zero-order valence-electron chi connectivity index (χ0n) is 7.84. The molecule has 1 N–H and O–H groups in total. The minimum atomic E-state index is 0.130. The van der Waals surface area contributed by atoms with Crippen LogP contribution < -0.4 is 5.32 Å². The molecule has 1 amide bonds. The number of likely N-dealkylation sites (N-methyl/N-ethyl adjacent to an activating group) is 1. The summed E-state index contributed by atoms with van der Waals surface area (Å²) in [4.78, 5) is 13.1. The largest absolute Gasteiger partial charge is 0.355 e. The van der Waals surface area contributed by atoms with Crippen LogP contribution in [0.4, 0.5) is 0 Å². The highest BCUT2D eigenvalue weighted by molar-refractivity contribution is 7.80. The summed E-state index contributed by atoms with van der Waals surface area (Å²) in [5, 5.41) is 2.83. The van der Waals surface area contributed by atoms with E-state index in [-0.39, 0.29) is 5.91 Å². The van der Waals surface area contributed by atoms with Crippen molar-refractivity contribution in [1.82, 2.24) is 10.2 Å². The van der Waals surface area contributed by atoms with Crippen LogP contribution in [0.2, 0.25) is 0 Å². The van der Waals surface area contributed by atoms with Gasteiger partial charge >= 0.3 is 0 Å². The Hall–Kier alpha value is -0.220. The molecule has 0 atom stereocenters. The van der Waals surface area contributed by atoms with Crippen molar-refractivity contribution >= 4 is 18.5 Å². The molecule has 4 heteroatoms. The third-order valence-electron chi connectivity index (χ3n) is 1.44. The van der Waals surface area contributed by atoms with Crippen LogP contribution in [-0.2, 0) is 4.79 Å². The van der Waals surface area contributed by atoms with Crippen LogP contribution in [0, 0.1) is 0 Å². The summed E-state index contributed by atoms with van der Waals surface area (Å²) in [6, 6.07) is 0. The molecule has 0 saturated heterocycles. The van der Waals surface area contributed by atoms with E-state index in [0.29, 0.717) is 6.42 Å². The van der Waals surface area contributed by atoms with E-state index >= 15 is 0 Å². The van der Waals surface area contributed by atoms with Crippen molar-refractivity contribution in [3.63, 3.8) is 0 Å². The zero-order chi connectivity index (χ0) is 9.40. The average Bonchev–Trinajstić information content (AvgIpc) is 2.00. The smallest absolute Gasteiger partial charge is 0.220 e. The van der Waals surface area contributed by atoms with Gasteiger partial charge in [0.05, 0.1) is 0 Å². The number of thiol groups is 1. The maximum absolute atomic E-state index is 11.0. The first-order valence-corrected chi connectivity index (χ1v) is 4.82. The van der Waals surface area contributed by atoms with E-state index in [0.717, 1.165) is 25.3 Å². The van der Waals surface area contributed by atoms with Crippen LogP contribution >= 0.6 is 12.6 Å². The molecular formula is C8H18N2OS. The van der Waals surface area contributed by atoms with Gasteiger partial charge in [0.15, 0.2) is 0 Å². The second-order valence-electron chi connectivity index (χ2n) is 2.98. The second-order valence-corrected chi connectivity index (χ2v) is 3.43. The summed E-state index contributed by atoms with van der Waals surface area (Å²) >= 11 is 4.03. The Morgan fingerprint density at radius 2 is 2.17 bits per heavy atom. The lowest BCUT2D eigenvalue weighted by Gasteiger charge is -2.09. The van der Waals surface area contributed by atoms with Gasteiger partial charge in [-0.1, -0.05) is 0 Å². The number of carbonyl (C=O) groups excluding carboxylic acids is 1. The quantitative estimate of drug-likeness (QED) is 0.593. The minimum absolute atomic E-state index is 0.130. The topological polar surface area (TPSA) is 32.3 Å².